The van der Waals surface area contributed by atoms with Gasteiger partial charge in [-0.3, -0.25) is 9.59 Å². The average molecular weight is 406 g/mol. The van der Waals surface area contributed by atoms with E-state index >= 15 is 0 Å². The molecule has 0 N–H and O–H groups in total. The van der Waals surface area contributed by atoms with Crippen LogP contribution in [0.15, 0.2) is 0 Å². The van der Waals surface area contributed by atoms with E-state index in [-0.39, 0.29) is 18.1 Å². The minimum atomic E-state index is 0.106. The van der Waals surface area contributed by atoms with Crippen molar-refractivity contribution >= 4 is 33.3 Å². The summed E-state index contributed by atoms with van der Waals surface area (Å²) >= 11 is 0. The van der Waals surface area contributed by atoms with Gasteiger partial charge in [0.1, 0.15) is 5.78 Å². The van der Waals surface area contributed by atoms with Crippen molar-refractivity contribution < 1.29 is 19.1 Å². The van der Waals surface area contributed by atoms with Crippen molar-refractivity contribution in [3.05, 3.63) is 0 Å². The summed E-state index contributed by atoms with van der Waals surface area (Å²) < 4.78 is 10.6. The highest BCUT2D eigenvalue weighted by molar-refractivity contribution is 8.76. The molecule has 26 heavy (non-hydrogen) atoms. The van der Waals surface area contributed by atoms with E-state index in [0.29, 0.717) is 38.2 Å². The van der Waals surface area contributed by atoms with Gasteiger partial charge in [0.05, 0.1) is 18.8 Å². The number of hydrogen-bond donors (Lipinski definition) is 0. The van der Waals surface area contributed by atoms with Crippen molar-refractivity contribution in [2.75, 3.05) is 38.9 Å². The summed E-state index contributed by atoms with van der Waals surface area (Å²) in [6.07, 6.45) is 6.46. The van der Waals surface area contributed by atoms with Crippen LogP contribution in [0.2, 0.25) is 0 Å². The van der Waals surface area contributed by atoms with Gasteiger partial charge in [-0.05, 0) is 32.1 Å². The number of carbonyl (C=O) groups is 2. The van der Waals surface area contributed by atoms with E-state index in [4.69, 9.17) is 9.47 Å². The molecule has 2 atom stereocenters. The Kier molecular flexibility index (Phi) is 13.5. The summed E-state index contributed by atoms with van der Waals surface area (Å²) in [5.41, 5.74) is 0. The number of ether oxygens (including phenoxy) is 2. The molecule has 0 aromatic heterocycles. The van der Waals surface area contributed by atoms with Gasteiger partial charge in [0.25, 0.3) is 0 Å². The maximum Gasteiger partial charge on any atom is 0.222 e. The summed E-state index contributed by atoms with van der Waals surface area (Å²) in [6.45, 7) is 3.38. The Hall–Kier alpha value is -0.240. The molecule has 0 aromatic carbocycles. The van der Waals surface area contributed by atoms with Crippen molar-refractivity contribution in [1.29, 1.82) is 0 Å². The quantitative estimate of drug-likeness (QED) is 0.304. The van der Waals surface area contributed by atoms with Gasteiger partial charge in [-0.2, -0.15) is 0 Å². The first-order valence-electron chi connectivity index (χ1n) is 9.69. The second kappa shape index (κ2) is 14.8. The molecule has 1 fully saturated rings. The first-order chi connectivity index (χ1) is 12.6. The lowest BCUT2D eigenvalue weighted by atomic mass is 10.1. The lowest BCUT2D eigenvalue weighted by Gasteiger charge is -2.23. The van der Waals surface area contributed by atoms with Gasteiger partial charge in [-0.15, -0.1) is 0 Å². The predicted octanol–water partition coefficient (Wildman–Crippen LogP) is 3.95. The molecule has 1 aliphatic heterocycles. The van der Waals surface area contributed by atoms with Gasteiger partial charge in [0.2, 0.25) is 5.91 Å². The second-order valence-electron chi connectivity index (χ2n) is 6.74. The fourth-order valence-corrected chi connectivity index (χ4v) is 5.32. The number of ketones is 1. The molecular formula is C19H35NO4S2. The highest BCUT2D eigenvalue weighted by atomic mass is 33.1. The number of rotatable bonds is 15. The summed E-state index contributed by atoms with van der Waals surface area (Å²) in [7, 11) is 7.11. The van der Waals surface area contributed by atoms with Crippen LogP contribution in [0.5, 0.6) is 0 Å². The largest absolute Gasteiger partial charge is 0.383 e. The highest BCUT2D eigenvalue weighted by Crippen LogP contribution is 2.24. The number of carbonyl (C=O) groups excluding carboxylic acids is 2. The second-order valence-corrected chi connectivity index (χ2v) is 9.44. The molecular weight excluding hydrogens is 370 g/mol. The zero-order chi connectivity index (χ0) is 19.2. The minimum absolute atomic E-state index is 0.106. The molecule has 0 aliphatic carbocycles. The van der Waals surface area contributed by atoms with Crippen LogP contribution in [0.3, 0.4) is 0 Å². The van der Waals surface area contributed by atoms with Crippen molar-refractivity contribution in [2.24, 2.45) is 0 Å². The summed E-state index contributed by atoms with van der Waals surface area (Å²) in [5.74, 6) is 2.71. The Balaban J connectivity index is 2.12. The Labute approximate surface area is 166 Å². The third-order valence-electron chi connectivity index (χ3n) is 4.54. The number of unbranched alkanes of at least 4 members (excludes halogenated alkanes) is 1. The summed E-state index contributed by atoms with van der Waals surface area (Å²) in [6, 6.07) is 0.113. The Morgan fingerprint density at radius 1 is 1.04 bits per heavy atom. The zero-order valence-electron chi connectivity index (χ0n) is 16.5. The fourth-order valence-electron chi connectivity index (χ4n) is 3.10. The fraction of sp³-hybridized carbons (Fsp3) is 0.895. The first kappa shape index (κ1) is 23.8. The van der Waals surface area contributed by atoms with E-state index in [1.807, 2.05) is 26.5 Å². The third kappa shape index (κ3) is 9.62. The Morgan fingerprint density at radius 2 is 1.73 bits per heavy atom. The molecule has 0 unspecified atom stereocenters. The Bertz CT molecular complexity index is 409. The molecule has 0 bridgehead atoms. The van der Waals surface area contributed by atoms with E-state index < -0.39 is 0 Å². The minimum Gasteiger partial charge on any atom is -0.383 e. The van der Waals surface area contributed by atoms with Crippen LogP contribution in [-0.2, 0) is 19.1 Å². The number of Topliss-reactive ketones (excluding diaryl/α,β-unsaturated/α-hetero) is 1. The van der Waals surface area contributed by atoms with Crippen LogP contribution < -0.4 is 0 Å². The van der Waals surface area contributed by atoms with Crippen LogP contribution in [0.1, 0.15) is 58.3 Å². The van der Waals surface area contributed by atoms with Crippen molar-refractivity contribution in [2.45, 2.75) is 70.4 Å². The van der Waals surface area contributed by atoms with Gasteiger partial charge < -0.3 is 14.4 Å². The normalized spacial score (nSPS) is 19.9. The summed E-state index contributed by atoms with van der Waals surface area (Å²) in [5, 5.41) is 0. The molecule has 5 nitrogen and oxygen atoms in total. The molecule has 7 heteroatoms. The van der Waals surface area contributed by atoms with Crippen LogP contribution in [0, 0.1) is 0 Å². The number of nitrogens with zero attached hydrogens (tertiary/aromatic N) is 1. The SMILES string of the molecule is CCCSSCCCC(=O)CCCCC(=O)N1C[C@@H](OC)C[C@@H]1COC. The average Bonchev–Trinajstić information content (AvgIpc) is 3.05. The van der Waals surface area contributed by atoms with Crippen molar-refractivity contribution in [3.63, 3.8) is 0 Å². The molecule has 1 saturated heterocycles. The van der Waals surface area contributed by atoms with Gasteiger partial charge in [0.15, 0.2) is 0 Å². The topological polar surface area (TPSA) is 55.8 Å². The number of methoxy groups -OCH3 is 2. The van der Waals surface area contributed by atoms with Gasteiger partial charge in [0, 0.05) is 51.5 Å². The zero-order valence-corrected chi connectivity index (χ0v) is 18.2. The van der Waals surface area contributed by atoms with Crippen LogP contribution in [0.25, 0.3) is 0 Å². The first-order valence-corrected chi connectivity index (χ1v) is 12.2. The summed E-state index contributed by atoms with van der Waals surface area (Å²) in [4.78, 5) is 26.3. The molecule has 0 spiro atoms. The molecule has 1 aliphatic rings. The molecule has 0 aromatic rings. The maximum absolute atomic E-state index is 12.5. The lowest BCUT2D eigenvalue weighted by molar-refractivity contribution is -0.133. The lowest BCUT2D eigenvalue weighted by Crippen LogP contribution is -2.38. The molecule has 0 radical (unpaired) electrons. The van der Waals surface area contributed by atoms with Gasteiger partial charge >= 0.3 is 0 Å². The predicted molar refractivity (Wildman–Crippen MR) is 111 cm³/mol. The molecule has 1 rings (SSSR count). The van der Waals surface area contributed by atoms with Gasteiger partial charge in [-0.1, -0.05) is 28.5 Å². The van der Waals surface area contributed by atoms with E-state index in [0.717, 1.165) is 31.4 Å². The highest BCUT2D eigenvalue weighted by Gasteiger charge is 2.34. The Morgan fingerprint density at radius 3 is 2.42 bits per heavy atom. The number of hydrogen-bond acceptors (Lipinski definition) is 6. The van der Waals surface area contributed by atoms with Crippen LogP contribution in [-0.4, -0.2) is 67.6 Å². The molecule has 1 heterocycles. The van der Waals surface area contributed by atoms with E-state index in [2.05, 4.69) is 6.92 Å². The van der Waals surface area contributed by atoms with Gasteiger partial charge in [-0.25, -0.2) is 0 Å². The standard InChI is InChI=1S/C19H35NO4S2/c1-4-11-25-26-12-7-9-17(21)8-5-6-10-19(22)20-14-18(24-3)13-16(20)15-23-2/h16,18H,4-15H2,1-3H3/t16-,18+/m1/s1. The monoisotopic (exact) mass is 405 g/mol. The van der Waals surface area contributed by atoms with E-state index in [1.54, 1.807) is 14.2 Å². The number of amides is 1. The maximum atomic E-state index is 12.5. The van der Waals surface area contributed by atoms with E-state index in [1.165, 1.54) is 12.2 Å². The smallest absolute Gasteiger partial charge is 0.222 e. The number of likely N-dealkylation sites (tertiary alicyclic amines) is 1. The van der Waals surface area contributed by atoms with Crippen molar-refractivity contribution in [1.82, 2.24) is 4.90 Å². The molecule has 152 valence electrons. The molecule has 1 amide bonds. The van der Waals surface area contributed by atoms with Crippen molar-refractivity contribution in [3.8, 4) is 0 Å². The third-order valence-corrected chi connectivity index (χ3v) is 7.24. The van der Waals surface area contributed by atoms with Crippen LogP contribution in [0.4, 0.5) is 0 Å². The van der Waals surface area contributed by atoms with E-state index in [9.17, 15) is 9.59 Å². The van der Waals surface area contributed by atoms with Crippen LogP contribution >= 0.6 is 21.6 Å². The molecule has 0 saturated carbocycles.